The van der Waals surface area contributed by atoms with Crippen molar-refractivity contribution in [2.75, 3.05) is 39.2 Å². The van der Waals surface area contributed by atoms with Gasteiger partial charge in [0.1, 0.15) is 11.5 Å². The number of methoxy groups -OCH3 is 2. The summed E-state index contributed by atoms with van der Waals surface area (Å²) in [5.74, 6) is 0.0938. The first-order valence-corrected chi connectivity index (χ1v) is 10.8. The second-order valence-corrected chi connectivity index (χ2v) is 7.77. The molecule has 0 unspecified atom stereocenters. The van der Waals surface area contributed by atoms with E-state index in [4.69, 9.17) is 19.2 Å². The molecule has 2 aromatic carbocycles. The summed E-state index contributed by atoms with van der Waals surface area (Å²) in [5.41, 5.74) is 3.52. The Morgan fingerprint density at radius 3 is 2.52 bits per heavy atom. The molecule has 33 heavy (non-hydrogen) atoms. The van der Waals surface area contributed by atoms with Gasteiger partial charge in [0.25, 0.3) is 5.91 Å². The molecule has 4 rings (SSSR count). The van der Waals surface area contributed by atoms with Crippen LogP contribution in [-0.2, 0) is 22.5 Å². The number of anilines is 1. The average molecular weight is 450 g/mol. The van der Waals surface area contributed by atoms with Crippen LogP contribution in [0.15, 0.2) is 42.5 Å². The molecule has 0 saturated heterocycles. The van der Waals surface area contributed by atoms with Crippen LogP contribution in [-0.4, -0.2) is 55.7 Å². The number of rotatable bonds is 7. The molecule has 2 heterocycles. The first-order chi connectivity index (χ1) is 16.0. The number of amides is 1. The smallest absolute Gasteiger partial charge is 0.339 e. The maximum absolute atomic E-state index is 13.2. The average Bonchev–Trinajstić information content (AvgIpc) is 2.85. The van der Waals surface area contributed by atoms with Gasteiger partial charge in [-0.2, -0.15) is 0 Å². The Morgan fingerprint density at radius 2 is 1.82 bits per heavy atom. The Labute approximate surface area is 192 Å². The van der Waals surface area contributed by atoms with Crippen molar-refractivity contribution in [3.63, 3.8) is 0 Å². The van der Waals surface area contributed by atoms with E-state index in [0.717, 1.165) is 41.7 Å². The van der Waals surface area contributed by atoms with Gasteiger partial charge < -0.3 is 19.5 Å². The lowest BCUT2D eigenvalue weighted by Crippen LogP contribution is -2.32. The zero-order valence-electron chi connectivity index (χ0n) is 19.0. The minimum atomic E-state index is -0.527. The molecule has 0 atom stereocenters. The van der Waals surface area contributed by atoms with Gasteiger partial charge in [-0.15, -0.1) is 0 Å². The standard InChI is InChI=1S/C25H27N3O5/c1-4-28-10-9-22-20(14-28)24(19-7-5-6-8-21(19)27-22)25(30)33-15-23(29)26-16-11-17(31-2)13-18(12-16)32-3/h5-8,11-13H,4,9-10,14-15H2,1-3H3,(H,26,29). The number of pyridine rings is 1. The summed E-state index contributed by atoms with van der Waals surface area (Å²) in [6.45, 7) is 4.09. The molecule has 1 aliphatic rings. The maximum Gasteiger partial charge on any atom is 0.339 e. The first-order valence-electron chi connectivity index (χ1n) is 10.8. The van der Waals surface area contributed by atoms with E-state index < -0.39 is 18.5 Å². The zero-order valence-corrected chi connectivity index (χ0v) is 19.0. The number of ether oxygens (including phenoxy) is 3. The molecule has 0 radical (unpaired) electrons. The molecule has 1 N–H and O–H groups in total. The van der Waals surface area contributed by atoms with E-state index in [1.807, 2.05) is 24.3 Å². The fraction of sp³-hybridized carbons (Fsp3) is 0.320. The second kappa shape index (κ2) is 9.87. The van der Waals surface area contributed by atoms with E-state index in [-0.39, 0.29) is 0 Å². The van der Waals surface area contributed by atoms with E-state index in [1.54, 1.807) is 18.2 Å². The fourth-order valence-electron chi connectivity index (χ4n) is 4.03. The van der Waals surface area contributed by atoms with E-state index in [0.29, 0.717) is 29.3 Å². The summed E-state index contributed by atoms with van der Waals surface area (Å²) in [6.07, 6.45) is 0.770. The molecule has 1 aromatic heterocycles. The summed E-state index contributed by atoms with van der Waals surface area (Å²) in [5, 5.41) is 3.45. The summed E-state index contributed by atoms with van der Waals surface area (Å²) in [7, 11) is 3.06. The SMILES string of the molecule is CCN1CCc2nc3ccccc3c(C(=O)OCC(=O)Nc3cc(OC)cc(OC)c3)c2C1. The monoisotopic (exact) mass is 449 g/mol. The van der Waals surface area contributed by atoms with Crippen LogP contribution in [0.5, 0.6) is 11.5 Å². The largest absolute Gasteiger partial charge is 0.497 e. The van der Waals surface area contributed by atoms with Crippen molar-refractivity contribution in [2.24, 2.45) is 0 Å². The number of nitrogens with zero attached hydrogens (tertiary/aromatic N) is 2. The lowest BCUT2D eigenvalue weighted by atomic mass is 9.96. The van der Waals surface area contributed by atoms with Gasteiger partial charge in [-0.3, -0.25) is 14.7 Å². The number of carbonyl (C=O) groups is 2. The molecule has 1 aliphatic heterocycles. The summed E-state index contributed by atoms with van der Waals surface area (Å²) in [6, 6.07) is 12.5. The lowest BCUT2D eigenvalue weighted by Gasteiger charge is -2.28. The van der Waals surface area contributed by atoms with Crippen molar-refractivity contribution in [1.29, 1.82) is 0 Å². The number of benzene rings is 2. The normalized spacial score (nSPS) is 13.3. The van der Waals surface area contributed by atoms with Crippen molar-refractivity contribution in [3.8, 4) is 11.5 Å². The zero-order chi connectivity index (χ0) is 23.4. The quantitative estimate of drug-likeness (QED) is 0.553. The highest BCUT2D eigenvalue weighted by Crippen LogP contribution is 2.29. The van der Waals surface area contributed by atoms with Crippen LogP contribution in [0.1, 0.15) is 28.5 Å². The van der Waals surface area contributed by atoms with Crippen molar-refractivity contribution >= 4 is 28.5 Å². The van der Waals surface area contributed by atoms with Gasteiger partial charge in [0.05, 0.1) is 25.3 Å². The molecule has 8 nitrogen and oxygen atoms in total. The predicted octanol–water partition coefficient (Wildman–Crippen LogP) is 3.43. The molecule has 0 spiro atoms. The summed E-state index contributed by atoms with van der Waals surface area (Å²) >= 11 is 0. The van der Waals surface area contributed by atoms with Crippen LogP contribution >= 0.6 is 0 Å². The Morgan fingerprint density at radius 1 is 1.09 bits per heavy atom. The van der Waals surface area contributed by atoms with Crippen LogP contribution in [0.25, 0.3) is 10.9 Å². The highest BCUT2D eigenvalue weighted by atomic mass is 16.5. The van der Waals surface area contributed by atoms with Gasteiger partial charge in [0, 0.05) is 60.0 Å². The molecular formula is C25H27N3O5. The van der Waals surface area contributed by atoms with E-state index in [2.05, 4.69) is 17.1 Å². The van der Waals surface area contributed by atoms with Gasteiger partial charge in [-0.1, -0.05) is 25.1 Å². The first kappa shape index (κ1) is 22.5. The summed E-state index contributed by atoms with van der Waals surface area (Å²) < 4.78 is 15.9. The molecular weight excluding hydrogens is 422 g/mol. The molecule has 3 aromatic rings. The van der Waals surface area contributed by atoms with Gasteiger partial charge in [-0.25, -0.2) is 4.79 Å². The Bertz CT molecular complexity index is 1170. The topological polar surface area (TPSA) is 90.0 Å². The number of esters is 1. The van der Waals surface area contributed by atoms with Gasteiger partial charge in [-0.05, 0) is 12.6 Å². The van der Waals surface area contributed by atoms with Gasteiger partial charge >= 0.3 is 5.97 Å². The molecule has 0 saturated carbocycles. The van der Waals surface area contributed by atoms with Crippen LogP contribution in [0.4, 0.5) is 5.69 Å². The van der Waals surface area contributed by atoms with Crippen molar-refractivity contribution in [1.82, 2.24) is 9.88 Å². The highest BCUT2D eigenvalue weighted by molar-refractivity contribution is 6.06. The maximum atomic E-state index is 13.2. The number of likely N-dealkylation sites (N-methyl/N-ethyl adjacent to an activating group) is 1. The number of fused-ring (bicyclic) bond motifs is 2. The third-order valence-electron chi connectivity index (χ3n) is 5.75. The van der Waals surface area contributed by atoms with Crippen LogP contribution < -0.4 is 14.8 Å². The summed E-state index contributed by atoms with van der Waals surface area (Å²) in [4.78, 5) is 32.7. The number of carbonyl (C=O) groups excluding carboxylic acids is 2. The Kier molecular flexibility index (Phi) is 6.74. The van der Waals surface area contributed by atoms with Crippen LogP contribution in [0.3, 0.4) is 0 Å². The van der Waals surface area contributed by atoms with Crippen LogP contribution in [0, 0.1) is 0 Å². The number of para-hydroxylation sites is 1. The number of nitrogens with one attached hydrogen (secondary N) is 1. The van der Waals surface area contributed by atoms with Gasteiger partial charge in [0.15, 0.2) is 6.61 Å². The van der Waals surface area contributed by atoms with Crippen molar-refractivity contribution in [3.05, 3.63) is 59.3 Å². The van der Waals surface area contributed by atoms with E-state index in [1.165, 1.54) is 14.2 Å². The minimum Gasteiger partial charge on any atom is -0.497 e. The molecule has 0 bridgehead atoms. The molecule has 1 amide bonds. The molecule has 0 aliphatic carbocycles. The van der Waals surface area contributed by atoms with Gasteiger partial charge in [0.2, 0.25) is 0 Å². The minimum absolute atomic E-state index is 0.415. The second-order valence-electron chi connectivity index (χ2n) is 7.77. The van der Waals surface area contributed by atoms with Crippen molar-refractivity contribution < 1.29 is 23.8 Å². The number of hydrogen-bond acceptors (Lipinski definition) is 7. The van der Waals surface area contributed by atoms with E-state index in [9.17, 15) is 9.59 Å². The molecule has 172 valence electrons. The number of aromatic nitrogens is 1. The molecule has 0 fully saturated rings. The fourth-order valence-corrected chi connectivity index (χ4v) is 4.03. The van der Waals surface area contributed by atoms with E-state index >= 15 is 0 Å². The lowest BCUT2D eigenvalue weighted by molar-refractivity contribution is -0.119. The van der Waals surface area contributed by atoms with Crippen molar-refractivity contribution in [2.45, 2.75) is 19.9 Å². The Hall–Kier alpha value is -3.65. The third kappa shape index (κ3) is 4.90. The third-order valence-corrected chi connectivity index (χ3v) is 5.75. The highest BCUT2D eigenvalue weighted by Gasteiger charge is 2.26. The Balaban J connectivity index is 1.54. The molecule has 8 heteroatoms. The van der Waals surface area contributed by atoms with Crippen LogP contribution in [0.2, 0.25) is 0 Å². The number of hydrogen-bond donors (Lipinski definition) is 1. The predicted molar refractivity (Wildman–Crippen MR) is 125 cm³/mol.